The molecule has 0 fully saturated rings. The number of ether oxygens (including phenoxy) is 2. The van der Waals surface area contributed by atoms with Gasteiger partial charge in [-0.15, -0.1) is 0 Å². The molecule has 1 atom stereocenters. The molecule has 0 saturated carbocycles. The van der Waals surface area contributed by atoms with E-state index >= 15 is 0 Å². The standard InChI is InChI=1S/C17H21NO5/c1-11(19)14-15(12-5-7-13(23-3)8-6-12)18(9-4-10-22-2)17(21)16(14)20/h5-8,15,20H,4,9-10H2,1-3H3/t15-/m0/s1. The summed E-state index contributed by atoms with van der Waals surface area (Å²) < 4.78 is 10.1. The molecule has 23 heavy (non-hydrogen) atoms. The maximum absolute atomic E-state index is 12.3. The Morgan fingerprint density at radius 1 is 1.26 bits per heavy atom. The van der Waals surface area contributed by atoms with Crippen LogP contribution in [0.3, 0.4) is 0 Å². The van der Waals surface area contributed by atoms with Crippen molar-refractivity contribution >= 4 is 11.7 Å². The van der Waals surface area contributed by atoms with Crippen molar-refractivity contribution < 1.29 is 24.2 Å². The van der Waals surface area contributed by atoms with Crippen molar-refractivity contribution in [3.63, 3.8) is 0 Å². The molecule has 2 rings (SSSR count). The minimum atomic E-state index is -0.581. The number of carbonyl (C=O) groups excluding carboxylic acids is 2. The molecule has 0 saturated heterocycles. The SMILES string of the molecule is COCCCN1C(=O)C(O)=C(C(C)=O)[C@@H]1c1ccc(OC)cc1. The molecule has 0 bridgehead atoms. The molecule has 0 aliphatic carbocycles. The lowest BCUT2D eigenvalue weighted by molar-refractivity contribution is -0.129. The Morgan fingerprint density at radius 3 is 2.43 bits per heavy atom. The molecule has 6 heteroatoms. The van der Waals surface area contributed by atoms with Crippen LogP contribution in [0.5, 0.6) is 5.75 Å². The molecule has 1 N–H and O–H groups in total. The summed E-state index contributed by atoms with van der Waals surface area (Å²) in [5, 5.41) is 10.1. The van der Waals surface area contributed by atoms with E-state index in [1.165, 1.54) is 11.8 Å². The molecular weight excluding hydrogens is 298 g/mol. The highest BCUT2D eigenvalue weighted by Gasteiger charge is 2.41. The van der Waals surface area contributed by atoms with Gasteiger partial charge in [-0.2, -0.15) is 0 Å². The summed E-state index contributed by atoms with van der Waals surface area (Å²) in [5.74, 6) is -0.615. The van der Waals surface area contributed by atoms with Crippen LogP contribution < -0.4 is 4.74 Å². The van der Waals surface area contributed by atoms with Gasteiger partial charge in [-0.25, -0.2) is 0 Å². The Labute approximate surface area is 135 Å². The van der Waals surface area contributed by atoms with E-state index in [0.717, 1.165) is 5.56 Å². The van der Waals surface area contributed by atoms with Gasteiger partial charge in [0.1, 0.15) is 5.75 Å². The molecule has 1 aliphatic rings. The number of hydrogen-bond acceptors (Lipinski definition) is 5. The fraction of sp³-hybridized carbons (Fsp3) is 0.412. The van der Waals surface area contributed by atoms with Crippen molar-refractivity contribution in [1.82, 2.24) is 4.90 Å². The summed E-state index contributed by atoms with van der Waals surface area (Å²) in [5.41, 5.74) is 0.892. The molecule has 1 aromatic carbocycles. The number of hydrogen-bond donors (Lipinski definition) is 1. The monoisotopic (exact) mass is 319 g/mol. The molecule has 1 aromatic rings. The number of benzene rings is 1. The Bertz CT molecular complexity index is 620. The van der Waals surface area contributed by atoms with Crippen molar-refractivity contribution in [3.8, 4) is 5.75 Å². The molecule has 0 spiro atoms. The normalized spacial score (nSPS) is 17.8. The van der Waals surface area contributed by atoms with Crippen LogP contribution in [0.2, 0.25) is 0 Å². The maximum Gasteiger partial charge on any atom is 0.290 e. The number of aliphatic hydroxyl groups is 1. The minimum absolute atomic E-state index is 0.137. The Hall–Kier alpha value is -2.34. The van der Waals surface area contributed by atoms with Crippen molar-refractivity contribution in [3.05, 3.63) is 41.2 Å². The van der Waals surface area contributed by atoms with Crippen LogP contribution in [0, 0.1) is 0 Å². The number of aliphatic hydroxyl groups excluding tert-OH is 1. The average molecular weight is 319 g/mol. The van der Waals surface area contributed by atoms with Crippen LogP contribution in [-0.2, 0) is 14.3 Å². The van der Waals surface area contributed by atoms with E-state index in [9.17, 15) is 14.7 Å². The van der Waals surface area contributed by atoms with Crippen LogP contribution in [0.15, 0.2) is 35.6 Å². The molecule has 6 nitrogen and oxygen atoms in total. The smallest absolute Gasteiger partial charge is 0.290 e. The zero-order chi connectivity index (χ0) is 17.0. The van der Waals surface area contributed by atoms with Gasteiger partial charge in [-0.05, 0) is 31.0 Å². The van der Waals surface area contributed by atoms with Gasteiger partial charge in [0.2, 0.25) is 0 Å². The molecule has 124 valence electrons. The minimum Gasteiger partial charge on any atom is -0.503 e. The largest absolute Gasteiger partial charge is 0.503 e. The third-order valence-electron chi connectivity index (χ3n) is 3.86. The fourth-order valence-electron chi connectivity index (χ4n) is 2.76. The Morgan fingerprint density at radius 2 is 1.91 bits per heavy atom. The molecule has 1 heterocycles. The highest BCUT2D eigenvalue weighted by atomic mass is 16.5. The van der Waals surface area contributed by atoms with E-state index in [2.05, 4.69) is 0 Å². The van der Waals surface area contributed by atoms with Crippen LogP contribution >= 0.6 is 0 Å². The van der Waals surface area contributed by atoms with Gasteiger partial charge < -0.3 is 19.5 Å². The first kappa shape index (κ1) is 17.0. The molecular formula is C17H21NO5. The van der Waals surface area contributed by atoms with Gasteiger partial charge in [0.15, 0.2) is 11.5 Å². The Kier molecular flexibility index (Phi) is 5.39. The summed E-state index contributed by atoms with van der Waals surface area (Å²) in [7, 11) is 3.15. The number of nitrogens with zero attached hydrogens (tertiary/aromatic N) is 1. The van der Waals surface area contributed by atoms with Crippen LogP contribution in [0.4, 0.5) is 0 Å². The first-order valence-electron chi connectivity index (χ1n) is 7.39. The van der Waals surface area contributed by atoms with Crippen molar-refractivity contribution in [1.29, 1.82) is 0 Å². The topological polar surface area (TPSA) is 76.1 Å². The van der Waals surface area contributed by atoms with E-state index in [1.807, 2.05) is 0 Å². The molecule has 1 aliphatic heterocycles. The zero-order valence-electron chi connectivity index (χ0n) is 13.5. The van der Waals surface area contributed by atoms with Gasteiger partial charge in [0.05, 0.1) is 18.7 Å². The number of Topliss-reactive ketones (excluding diaryl/α,β-unsaturated/α-hetero) is 1. The highest BCUT2D eigenvalue weighted by molar-refractivity contribution is 6.08. The lowest BCUT2D eigenvalue weighted by Gasteiger charge is -2.26. The lowest BCUT2D eigenvalue weighted by atomic mass is 9.96. The number of amides is 1. The van der Waals surface area contributed by atoms with Crippen molar-refractivity contribution in [2.24, 2.45) is 0 Å². The molecule has 0 unspecified atom stereocenters. The predicted octanol–water partition coefficient (Wildman–Crippen LogP) is 2.02. The molecule has 0 radical (unpaired) electrons. The van der Waals surface area contributed by atoms with Crippen molar-refractivity contribution in [2.75, 3.05) is 27.4 Å². The summed E-state index contributed by atoms with van der Waals surface area (Å²) in [6.07, 6.45) is 0.618. The summed E-state index contributed by atoms with van der Waals surface area (Å²) in [4.78, 5) is 25.8. The second-order valence-corrected chi connectivity index (χ2v) is 5.34. The second kappa shape index (κ2) is 7.28. The van der Waals surface area contributed by atoms with Crippen molar-refractivity contribution in [2.45, 2.75) is 19.4 Å². The third-order valence-corrected chi connectivity index (χ3v) is 3.86. The number of rotatable bonds is 7. The van der Waals surface area contributed by atoms with Crippen LogP contribution in [-0.4, -0.2) is 49.1 Å². The van der Waals surface area contributed by atoms with Gasteiger partial charge >= 0.3 is 0 Å². The van der Waals surface area contributed by atoms with Crippen LogP contribution in [0.25, 0.3) is 0 Å². The fourth-order valence-corrected chi connectivity index (χ4v) is 2.76. The van der Waals surface area contributed by atoms with E-state index in [1.54, 1.807) is 38.5 Å². The van der Waals surface area contributed by atoms with Gasteiger partial charge in [0.25, 0.3) is 5.91 Å². The van der Waals surface area contributed by atoms with Crippen LogP contribution in [0.1, 0.15) is 24.9 Å². The van der Waals surface area contributed by atoms with E-state index in [-0.39, 0.29) is 11.4 Å². The molecule has 1 amide bonds. The number of ketones is 1. The van der Waals surface area contributed by atoms with Gasteiger partial charge in [-0.1, -0.05) is 12.1 Å². The van der Waals surface area contributed by atoms with E-state index in [4.69, 9.17) is 9.47 Å². The average Bonchev–Trinajstić information content (AvgIpc) is 2.80. The third kappa shape index (κ3) is 3.37. The zero-order valence-corrected chi connectivity index (χ0v) is 13.5. The first-order valence-corrected chi connectivity index (χ1v) is 7.39. The quantitative estimate of drug-likeness (QED) is 0.778. The van der Waals surface area contributed by atoms with E-state index < -0.39 is 17.7 Å². The Balaban J connectivity index is 2.38. The summed E-state index contributed by atoms with van der Waals surface area (Å²) in [6, 6.07) is 6.53. The second-order valence-electron chi connectivity index (χ2n) is 5.34. The number of methoxy groups -OCH3 is 2. The maximum atomic E-state index is 12.3. The van der Waals surface area contributed by atoms with E-state index in [0.29, 0.717) is 25.3 Å². The highest BCUT2D eigenvalue weighted by Crippen LogP contribution is 2.38. The lowest BCUT2D eigenvalue weighted by Crippen LogP contribution is -2.32. The molecule has 0 aromatic heterocycles. The number of carbonyl (C=O) groups is 2. The first-order chi connectivity index (χ1) is 11.0. The van der Waals surface area contributed by atoms with Gasteiger partial charge in [-0.3, -0.25) is 9.59 Å². The predicted molar refractivity (Wildman–Crippen MR) is 84.3 cm³/mol. The summed E-state index contributed by atoms with van der Waals surface area (Å²) in [6.45, 7) is 2.24. The van der Waals surface area contributed by atoms with Gasteiger partial charge in [0, 0.05) is 20.3 Å². The summed E-state index contributed by atoms with van der Waals surface area (Å²) >= 11 is 0.